The van der Waals surface area contributed by atoms with Crippen molar-refractivity contribution in [3.63, 3.8) is 0 Å². The van der Waals surface area contributed by atoms with E-state index < -0.39 is 18.8 Å². The van der Waals surface area contributed by atoms with E-state index in [-0.39, 0.29) is 29.6 Å². The molecule has 0 bridgehead atoms. The van der Waals surface area contributed by atoms with Gasteiger partial charge >= 0.3 is 0 Å². The molecule has 28 heavy (non-hydrogen) atoms. The zero-order valence-electron chi connectivity index (χ0n) is 14.5. The lowest BCUT2D eigenvalue weighted by atomic mass is 9.90. The molecular formula is C19H16N2O7. The number of aliphatic hydroxyl groups excluding tert-OH is 2. The number of ketones is 1. The van der Waals surface area contributed by atoms with Crippen molar-refractivity contribution < 1.29 is 34.4 Å². The molecule has 0 amide bonds. The zero-order valence-corrected chi connectivity index (χ0v) is 14.5. The molecule has 0 aliphatic carbocycles. The van der Waals surface area contributed by atoms with Crippen LogP contribution < -0.4 is 9.62 Å². The molecule has 3 aromatic rings. The third kappa shape index (κ3) is 3.11. The van der Waals surface area contributed by atoms with Gasteiger partial charge in [-0.15, -0.1) is 0 Å². The Balaban J connectivity index is 1.64. The largest absolute Gasteiger partial charge is 0.481 e. The van der Waals surface area contributed by atoms with Crippen molar-refractivity contribution in [2.45, 2.75) is 12.0 Å². The smallest absolute Gasteiger partial charge is 0.258 e. The second-order valence-corrected chi connectivity index (χ2v) is 6.45. The number of carbonyl (C=O) groups is 1. The third-order valence-corrected chi connectivity index (χ3v) is 4.56. The summed E-state index contributed by atoms with van der Waals surface area (Å²) in [4.78, 5) is 21.0. The number of hydrogen-bond acceptors (Lipinski definition) is 9. The summed E-state index contributed by atoms with van der Waals surface area (Å²) >= 11 is 0. The van der Waals surface area contributed by atoms with Crippen LogP contribution in [0.1, 0.15) is 16.8 Å². The lowest BCUT2D eigenvalue weighted by Crippen LogP contribution is -2.48. The first-order valence-electron chi connectivity index (χ1n) is 8.41. The van der Waals surface area contributed by atoms with Gasteiger partial charge in [-0.25, -0.2) is 5.26 Å². The van der Waals surface area contributed by atoms with Crippen LogP contribution in [-0.4, -0.2) is 50.2 Å². The molecule has 0 fully saturated rings. The minimum Gasteiger partial charge on any atom is -0.481 e. The molecule has 2 aromatic carbocycles. The number of carbonyl (C=O) groups excluding carboxylic acids is 1. The molecule has 0 atom stereocenters. The Labute approximate surface area is 158 Å². The van der Waals surface area contributed by atoms with E-state index in [0.717, 1.165) is 0 Å². The van der Waals surface area contributed by atoms with Crippen molar-refractivity contribution in [1.82, 2.24) is 10.1 Å². The number of ether oxygens (including phenoxy) is 1. The summed E-state index contributed by atoms with van der Waals surface area (Å²) in [6, 6.07) is 11.2. The van der Waals surface area contributed by atoms with Gasteiger partial charge in [0, 0.05) is 11.1 Å². The minimum atomic E-state index is -1.31. The van der Waals surface area contributed by atoms with Crippen LogP contribution in [-0.2, 0) is 0 Å². The predicted molar refractivity (Wildman–Crippen MR) is 94.9 cm³/mol. The van der Waals surface area contributed by atoms with Crippen molar-refractivity contribution in [1.29, 1.82) is 0 Å². The second-order valence-electron chi connectivity index (χ2n) is 6.45. The maximum absolute atomic E-state index is 12.5. The average Bonchev–Trinajstić information content (AvgIpc) is 3.23. The maximum Gasteiger partial charge on any atom is 0.258 e. The van der Waals surface area contributed by atoms with Crippen LogP contribution in [0.2, 0.25) is 0 Å². The standard InChI is InChI=1S/C19H16N2O7/c22-9-19(10-23)8-15(24)14-7-12(3-6-16(14)26-19)18-20-17(21-27-18)11-1-4-13(28-25)5-2-11/h1-7,22-23,25H,8-10H2. The SMILES string of the molecule is O=C1CC(CO)(CO)Oc2ccc(-c3nc(-c4ccc(OO)cc4)no3)cc21. The molecule has 1 aromatic heterocycles. The van der Waals surface area contributed by atoms with E-state index >= 15 is 0 Å². The van der Waals surface area contributed by atoms with E-state index in [1.165, 1.54) is 0 Å². The van der Waals surface area contributed by atoms with E-state index in [9.17, 15) is 15.0 Å². The number of rotatable bonds is 5. The average molecular weight is 384 g/mol. The van der Waals surface area contributed by atoms with Gasteiger partial charge in [0.15, 0.2) is 17.1 Å². The topological polar surface area (TPSA) is 135 Å². The van der Waals surface area contributed by atoms with Crippen LogP contribution in [0, 0.1) is 0 Å². The quantitative estimate of drug-likeness (QED) is 0.445. The molecule has 0 saturated heterocycles. The fourth-order valence-corrected chi connectivity index (χ4v) is 2.98. The van der Waals surface area contributed by atoms with Gasteiger partial charge in [0.25, 0.3) is 5.89 Å². The molecule has 9 nitrogen and oxygen atoms in total. The minimum absolute atomic E-state index is 0.134. The molecule has 0 spiro atoms. The van der Waals surface area contributed by atoms with Gasteiger partial charge in [0.1, 0.15) is 5.75 Å². The summed E-state index contributed by atoms with van der Waals surface area (Å²) in [6.07, 6.45) is -0.134. The Morgan fingerprint density at radius 3 is 2.46 bits per heavy atom. The van der Waals surface area contributed by atoms with Gasteiger partial charge in [0.2, 0.25) is 5.82 Å². The molecule has 0 saturated carbocycles. The van der Waals surface area contributed by atoms with Crippen LogP contribution in [0.25, 0.3) is 22.8 Å². The van der Waals surface area contributed by atoms with Crippen LogP contribution in [0.4, 0.5) is 0 Å². The van der Waals surface area contributed by atoms with Gasteiger partial charge in [-0.3, -0.25) is 4.79 Å². The highest BCUT2D eigenvalue weighted by atomic mass is 17.1. The number of nitrogens with zero attached hydrogens (tertiary/aromatic N) is 2. The van der Waals surface area contributed by atoms with Gasteiger partial charge in [-0.1, -0.05) is 5.16 Å². The Kier molecular flexibility index (Phi) is 4.55. The molecule has 1 aliphatic heterocycles. The molecule has 0 unspecified atom stereocenters. The van der Waals surface area contributed by atoms with Crippen molar-refractivity contribution >= 4 is 5.78 Å². The number of aliphatic hydroxyl groups is 2. The molecule has 4 rings (SSSR count). The molecule has 144 valence electrons. The maximum atomic E-state index is 12.5. The summed E-state index contributed by atoms with van der Waals surface area (Å²) in [5.74, 6) is 0.851. The first-order chi connectivity index (χ1) is 13.6. The summed E-state index contributed by atoms with van der Waals surface area (Å²) in [7, 11) is 0. The summed E-state index contributed by atoms with van der Waals surface area (Å²) in [6.45, 7) is -0.937. The van der Waals surface area contributed by atoms with E-state index in [1.54, 1.807) is 42.5 Å². The molecule has 9 heteroatoms. The molecule has 1 aliphatic rings. The fraction of sp³-hybridized carbons (Fsp3) is 0.211. The molecule has 2 heterocycles. The molecular weight excluding hydrogens is 368 g/mol. The van der Waals surface area contributed by atoms with Crippen LogP contribution in [0.15, 0.2) is 47.0 Å². The molecule has 0 radical (unpaired) electrons. The number of hydrogen-bond donors (Lipinski definition) is 3. The third-order valence-electron chi connectivity index (χ3n) is 4.56. The number of benzene rings is 2. The van der Waals surface area contributed by atoms with E-state index in [2.05, 4.69) is 15.0 Å². The van der Waals surface area contributed by atoms with Gasteiger partial charge in [0.05, 0.1) is 25.2 Å². The van der Waals surface area contributed by atoms with Crippen LogP contribution >= 0.6 is 0 Å². The normalized spacial score (nSPS) is 15.0. The first-order valence-corrected chi connectivity index (χ1v) is 8.41. The highest BCUT2D eigenvalue weighted by Crippen LogP contribution is 2.36. The zero-order chi connectivity index (χ0) is 19.7. The number of Topliss-reactive ketones (excluding diaryl/α,β-unsaturated/α-hetero) is 1. The second kappa shape index (κ2) is 7.04. The summed E-state index contributed by atoms with van der Waals surface area (Å²) in [5, 5.41) is 31.5. The first kappa shape index (κ1) is 18.1. The highest BCUT2D eigenvalue weighted by Gasteiger charge is 2.40. The van der Waals surface area contributed by atoms with Gasteiger partial charge in [-0.2, -0.15) is 4.98 Å². The Morgan fingerprint density at radius 1 is 1.07 bits per heavy atom. The van der Waals surface area contributed by atoms with Crippen molar-refractivity contribution in [2.24, 2.45) is 0 Å². The van der Waals surface area contributed by atoms with E-state index in [1.807, 2.05) is 0 Å². The lowest BCUT2D eigenvalue weighted by Gasteiger charge is -2.34. The molecule has 3 N–H and O–H groups in total. The summed E-state index contributed by atoms with van der Waals surface area (Å²) in [5.41, 5.74) is 0.196. The lowest BCUT2D eigenvalue weighted by molar-refractivity contribution is -0.137. The number of fused-ring (bicyclic) bond motifs is 1. The van der Waals surface area contributed by atoms with E-state index in [4.69, 9.17) is 14.5 Å². The van der Waals surface area contributed by atoms with Crippen LogP contribution in [0.3, 0.4) is 0 Å². The van der Waals surface area contributed by atoms with Gasteiger partial charge < -0.3 is 24.4 Å². The predicted octanol–water partition coefficient (Wildman–Crippen LogP) is 1.94. The van der Waals surface area contributed by atoms with Crippen molar-refractivity contribution in [2.75, 3.05) is 13.2 Å². The van der Waals surface area contributed by atoms with Crippen molar-refractivity contribution in [3.8, 4) is 34.3 Å². The van der Waals surface area contributed by atoms with Gasteiger partial charge in [-0.05, 0) is 42.5 Å². The van der Waals surface area contributed by atoms with Crippen LogP contribution in [0.5, 0.6) is 11.5 Å². The highest BCUT2D eigenvalue weighted by molar-refractivity contribution is 6.01. The Bertz CT molecular complexity index is 1010. The fourth-order valence-electron chi connectivity index (χ4n) is 2.98. The van der Waals surface area contributed by atoms with Crippen molar-refractivity contribution in [3.05, 3.63) is 48.0 Å². The Hall–Kier alpha value is -3.27. The summed E-state index contributed by atoms with van der Waals surface area (Å²) < 4.78 is 11.0. The Morgan fingerprint density at radius 2 is 1.79 bits per heavy atom. The monoisotopic (exact) mass is 384 g/mol. The van der Waals surface area contributed by atoms with E-state index in [0.29, 0.717) is 22.5 Å². The number of aromatic nitrogens is 2.